The summed E-state index contributed by atoms with van der Waals surface area (Å²) >= 11 is 2.80. The molecule has 1 aromatic rings. The van der Waals surface area contributed by atoms with Crippen LogP contribution in [0.1, 0.15) is 12.1 Å². The van der Waals surface area contributed by atoms with Crippen LogP contribution in [0.2, 0.25) is 0 Å². The molecule has 0 spiro atoms. The molecule has 1 rings (SSSR count). The van der Waals surface area contributed by atoms with E-state index in [1.54, 1.807) is 0 Å². The van der Waals surface area contributed by atoms with Gasteiger partial charge in [-0.2, -0.15) is 25.2 Å². The molecule has 0 unspecified atom stereocenters. The minimum atomic E-state index is -2.63. The van der Waals surface area contributed by atoms with Gasteiger partial charge in [0, 0.05) is 23.3 Å². The summed E-state index contributed by atoms with van der Waals surface area (Å²) in [7, 11) is -2.63. The van der Waals surface area contributed by atoms with Gasteiger partial charge in [-0.3, -0.25) is 4.79 Å². The summed E-state index contributed by atoms with van der Waals surface area (Å²) in [5.74, 6) is 0.618. The molecule has 12 heteroatoms. The van der Waals surface area contributed by atoms with E-state index in [4.69, 9.17) is 11.5 Å². The molecule has 5 N–H and O–H groups in total. The molecule has 0 radical (unpaired) electrons. The summed E-state index contributed by atoms with van der Waals surface area (Å²) < 4.78 is 23.0. The number of hydrogen-bond donors (Lipinski definition) is 3. The Kier molecular flexibility index (Phi) is 6.97. The van der Waals surface area contributed by atoms with Gasteiger partial charge in [0.25, 0.3) is 0 Å². The number of amides is 1. The molecule has 0 atom stereocenters. The van der Waals surface area contributed by atoms with Crippen molar-refractivity contribution in [1.82, 2.24) is 10.4 Å². The number of aromatic nitrogens is 1. The van der Waals surface area contributed by atoms with Crippen LogP contribution in [-0.4, -0.2) is 31.0 Å². The second kappa shape index (κ2) is 8.50. The van der Waals surface area contributed by atoms with Gasteiger partial charge in [0.15, 0.2) is 5.96 Å². The SMILES string of the molecule is NC(N)=Nc1nc(CSCCC(=O)NN=S(=O)=O)cs1. The zero-order valence-electron chi connectivity index (χ0n) is 10.1. The Morgan fingerprint density at radius 2 is 2.25 bits per heavy atom. The molecule has 1 heterocycles. The third-order valence-corrected chi connectivity index (χ3v) is 3.75. The van der Waals surface area contributed by atoms with Gasteiger partial charge in [0.05, 0.1) is 5.69 Å². The number of guanidine groups is 1. The number of nitrogens with one attached hydrogen (secondary N) is 1. The second-order valence-electron chi connectivity index (χ2n) is 3.30. The molecule has 0 aliphatic rings. The molecule has 110 valence electrons. The summed E-state index contributed by atoms with van der Waals surface area (Å²) in [5.41, 5.74) is 13.2. The maximum atomic E-state index is 11.1. The van der Waals surface area contributed by atoms with E-state index in [2.05, 4.69) is 14.4 Å². The topological polar surface area (TPSA) is 153 Å². The maximum Gasteiger partial charge on any atom is 0.332 e. The molecular weight excluding hydrogens is 324 g/mol. The number of rotatable bonds is 7. The summed E-state index contributed by atoms with van der Waals surface area (Å²) in [5, 5.41) is 2.31. The van der Waals surface area contributed by atoms with E-state index in [1.165, 1.54) is 23.1 Å². The maximum absolute atomic E-state index is 11.1. The lowest BCUT2D eigenvalue weighted by Gasteiger charge is -1.98. The molecule has 20 heavy (non-hydrogen) atoms. The summed E-state index contributed by atoms with van der Waals surface area (Å²) in [6.07, 6.45) is 0.163. The fourth-order valence-corrected chi connectivity index (χ4v) is 2.83. The Morgan fingerprint density at radius 1 is 1.50 bits per heavy atom. The van der Waals surface area contributed by atoms with Crippen molar-refractivity contribution in [2.75, 3.05) is 5.75 Å². The molecule has 0 aliphatic heterocycles. The smallest absolute Gasteiger partial charge is 0.332 e. The van der Waals surface area contributed by atoms with E-state index < -0.39 is 16.4 Å². The number of hydrogen-bond acceptors (Lipinski definition) is 8. The van der Waals surface area contributed by atoms with Crippen LogP contribution < -0.4 is 16.9 Å². The van der Waals surface area contributed by atoms with Crippen molar-refractivity contribution in [2.45, 2.75) is 12.2 Å². The predicted octanol–water partition coefficient (Wildman–Crippen LogP) is -0.235. The average molecular weight is 336 g/mol. The van der Waals surface area contributed by atoms with Crippen LogP contribution in [0.25, 0.3) is 0 Å². The first kappa shape index (κ1) is 16.4. The van der Waals surface area contributed by atoms with Crippen molar-refractivity contribution in [3.8, 4) is 0 Å². The van der Waals surface area contributed by atoms with Crippen molar-refractivity contribution < 1.29 is 13.2 Å². The Labute approximate surface area is 124 Å². The van der Waals surface area contributed by atoms with Gasteiger partial charge in [0.1, 0.15) is 0 Å². The van der Waals surface area contributed by atoms with Crippen LogP contribution in [-0.2, 0) is 21.0 Å². The van der Waals surface area contributed by atoms with Gasteiger partial charge in [-0.15, -0.1) is 11.3 Å². The zero-order chi connectivity index (χ0) is 15.0. The van der Waals surface area contributed by atoms with Gasteiger partial charge >= 0.3 is 10.5 Å². The van der Waals surface area contributed by atoms with E-state index in [0.717, 1.165) is 5.69 Å². The highest BCUT2D eigenvalue weighted by Gasteiger charge is 2.03. The highest BCUT2D eigenvalue weighted by Crippen LogP contribution is 2.21. The van der Waals surface area contributed by atoms with Crippen LogP contribution in [0.15, 0.2) is 14.8 Å². The number of nitrogens with zero attached hydrogens (tertiary/aromatic N) is 3. The lowest BCUT2D eigenvalue weighted by Crippen LogP contribution is -2.21. The lowest BCUT2D eigenvalue weighted by atomic mass is 10.5. The number of carbonyl (C=O) groups is 1. The van der Waals surface area contributed by atoms with Crippen molar-refractivity contribution >= 4 is 50.6 Å². The molecule has 0 saturated carbocycles. The van der Waals surface area contributed by atoms with E-state index in [-0.39, 0.29) is 12.4 Å². The van der Waals surface area contributed by atoms with Gasteiger partial charge in [0.2, 0.25) is 11.0 Å². The van der Waals surface area contributed by atoms with Gasteiger partial charge < -0.3 is 11.5 Å². The summed E-state index contributed by atoms with van der Waals surface area (Å²) in [6.45, 7) is 0. The first-order chi connectivity index (χ1) is 9.47. The lowest BCUT2D eigenvalue weighted by molar-refractivity contribution is -0.120. The number of aliphatic imine (C=N–C) groups is 1. The minimum absolute atomic E-state index is 0.0465. The van der Waals surface area contributed by atoms with Gasteiger partial charge in [-0.05, 0) is 0 Å². The summed E-state index contributed by atoms with van der Waals surface area (Å²) in [4.78, 5) is 19.1. The van der Waals surface area contributed by atoms with Crippen molar-refractivity contribution in [1.29, 1.82) is 0 Å². The largest absolute Gasteiger partial charge is 0.370 e. The van der Waals surface area contributed by atoms with Crippen molar-refractivity contribution in [3.05, 3.63) is 11.1 Å². The molecule has 0 saturated heterocycles. The molecule has 0 aliphatic carbocycles. The molecular formula is C8H12N6O3S3. The summed E-state index contributed by atoms with van der Waals surface area (Å²) in [6, 6.07) is 0. The van der Waals surface area contributed by atoms with Crippen molar-refractivity contribution in [3.63, 3.8) is 0 Å². The van der Waals surface area contributed by atoms with Crippen LogP contribution in [0.3, 0.4) is 0 Å². The third-order valence-electron chi connectivity index (χ3n) is 1.73. The molecule has 0 aromatic carbocycles. The Bertz CT molecular complexity index is 611. The highest BCUT2D eigenvalue weighted by molar-refractivity contribution is 7.98. The predicted molar refractivity (Wildman–Crippen MR) is 77.9 cm³/mol. The molecule has 1 aromatic heterocycles. The number of thioether (sulfide) groups is 1. The van der Waals surface area contributed by atoms with Crippen LogP contribution >= 0.6 is 23.1 Å². The average Bonchev–Trinajstić information content (AvgIpc) is 2.79. The van der Waals surface area contributed by atoms with E-state index in [9.17, 15) is 13.2 Å². The number of carbonyl (C=O) groups excluding carboxylic acids is 1. The Balaban J connectivity index is 2.27. The van der Waals surface area contributed by atoms with E-state index in [1.807, 2.05) is 10.8 Å². The van der Waals surface area contributed by atoms with E-state index in [0.29, 0.717) is 16.6 Å². The fourth-order valence-electron chi connectivity index (χ4n) is 1.01. The van der Waals surface area contributed by atoms with Crippen LogP contribution in [0, 0.1) is 0 Å². The fraction of sp³-hybridized carbons (Fsp3) is 0.375. The Morgan fingerprint density at radius 3 is 2.90 bits per heavy atom. The molecule has 0 bridgehead atoms. The van der Waals surface area contributed by atoms with E-state index >= 15 is 0 Å². The van der Waals surface area contributed by atoms with Crippen LogP contribution in [0.4, 0.5) is 5.13 Å². The molecule has 1 amide bonds. The first-order valence-corrected chi connectivity index (χ1v) is 8.24. The number of nitrogens with two attached hydrogens (primary N) is 2. The van der Waals surface area contributed by atoms with Crippen LogP contribution in [0.5, 0.6) is 0 Å². The number of thiazole rings is 1. The van der Waals surface area contributed by atoms with Gasteiger partial charge in [-0.1, -0.05) is 4.47 Å². The normalized spacial score (nSPS) is 9.80. The highest BCUT2D eigenvalue weighted by atomic mass is 32.2. The monoisotopic (exact) mass is 336 g/mol. The molecule has 0 fully saturated rings. The zero-order valence-corrected chi connectivity index (χ0v) is 12.6. The third kappa shape index (κ3) is 7.06. The quantitative estimate of drug-likeness (QED) is 0.269. The standard InChI is InChI=1S/C8H12N6O3S3/c9-7(10)12-8-11-5(4-19-8)3-18-2-1-6(15)13-14-20(16)17/h4H,1-3H2,(H,13,15)(H4,9,10,11,12). The molecule has 9 nitrogen and oxygen atoms in total. The minimum Gasteiger partial charge on any atom is -0.370 e. The Hall–Kier alpha value is -1.66. The van der Waals surface area contributed by atoms with Gasteiger partial charge in [-0.25, -0.2) is 10.4 Å². The first-order valence-electron chi connectivity index (χ1n) is 5.18. The van der Waals surface area contributed by atoms with Crippen molar-refractivity contribution in [2.24, 2.45) is 20.9 Å². The second-order valence-corrected chi connectivity index (χ2v) is 5.86.